The van der Waals surface area contributed by atoms with Crippen molar-refractivity contribution in [2.24, 2.45) is 0 Å². The van der Waals surface area contributed by atoms with Crippen LogP contribution in [0.5, 0.6) is 23.0 Å². The molecule has 9 heteroatoms. The minimum Gasteiger partial charge on any atom is -0.487 e. The predicted octanol–water partition coefficient (Wildman–Crippen LogP) is 8.25. The zero-order valence-corrected chi connectivity index (χ0v) is 29.2. The van der Waals surface area contributed by atoms with Gasteiger partial charge in [0.25, 0.3) is 5.91 Å². The maximum absolute atomic E-state index is 13.5. The third-order valence-electron chi connectivity index (χ3n) is 8.24. The van der Waals surface area contributed by atoms with Gasteiger partial charge in [0.2, 0.25) is 0 Å². The fraction of sp³-hybridized carbons (Fsp3) is 0.525. The van der Waals surface area contributed by atoms with Crippen molar-refractivity contribution in [2.45, 2.75) is 96.4 Å². The second kappa shape index (κ2) is 23.5. The van der Waals surface area contributed by atoms with Crippen molar-refractivity contribution < 1.29 is 38.1 Å². The number of benzene rings is 3. The van der Waals surface area contributed by atoms with Crippen LogP contribution in [0.2, 0.25) is 0 Å². The van der Waals surface area contributed by atoms with Crippen LogP contribution in [0.15, 0.2) is 78.9 Å². The van der Waals surface area contributed by atoms with Gasteiger partial charge in [-0.15, -0.1) is 0 Å². The van der Waals surface area contributed by atoms with Crippen LogP contribution >= 0.6 is 0 Å². The largest absolute Gasteiger partial charge is 0.487 e. The SMILES string of the molecule is CCCCCCCCCCCCC(OC1COc2ccccc2OCCOCCOc2ccccc2OC1)C(=O)NOCc1ccccc1. The van der Waals surface area contributed by atoms with E-state index in [2.05, 4.69) is 12.4 Å². The monoisotopic (exact) mass is 677 g/mol. The molecule has 0 saturated carbocycles. The molecule has 0 bridgehead atoms. The smallest absolute Gasteiger partial charge is 0.272 e. The Morgan fingerprint density at radius 3 is 1.69 bits per heavy atom. The third-order valence-corrected chi connectivity index (χ3v) is 8.24. The quantitative estimate of drug-likeness (QED) is 0.113. The molecular formula is C40H55NO8. The summed E-state index contributed by atoms with van der Waals surface area (Å²) in [6, 6.07) is 24.7. The summed E-state index contributed by atoms with van der Waals surface area (Å²) in [6.45, 7) is 4.31. The zero-order chi connectivity index (χ0) is 34.2. The molecule has 0 radical (unpaired) electrons. The summed E-state index contributed by atoms with van der Waals surface area (Å²) in [5.74, 6) is 2.04. The first-order valence-electron chi connectivity index (χ1n) is 18.1. The van der Waals surface area contributed by atoms with Gasteiger partial charge in [0.05, 0.1) is 19.8 Å². The average Bonchev–Trinajstić information content (AvgIpc) is 3.13. The average molecular weight is 678 g/mol. The van der Waals surface area contributed by atoms with Gasteiger partial charge in [0.1, 0.15) is 38.6 Å². The van der Waals surface area contributed by atoms with Gasteiger partial charge in [-0.2, -0.15) is 0 Å². The van der Waals surface area contributed by atoms with Gasteiger partial charge < -0.3 is 28.4 Å². The number of para-hydroxylation sites is 4. The number of carbonyl (C=O) groups excluding carboxylic acids is 1. The highest BCUT2D eigenvalue weighted by molar-refractivity contribution is 5.79. The molecule has 4 rings (SSSR count). The van der Waals surface area contributed by atoms with E-state index in [1.165, 1.54) is 44.9 Å². The van der Waals surface area contributed by atoms with Crippen molar-refractivity contribution in [2.75, 3.05) is 39.6 Å². The number of unbranched alkanes of at least 4 members (excludes halogenated alkanes) is 9. The van der Waals surface area contributed by atoms with E-state index < -0.39 is 12.2 Å². The minimum atomic E-state index is -0.761. The number of ether oxygens (including phenoxy) is 6. The number of fused-ring (bicyclic) bond motifs is 2. The molecule has 0 aromatic heterocycles. The van der Waals surface area contributed by atoms with E-state index in [4.69, 9.17) is 33.3 Å². The number of carbonyl (C=O) groups is 1. The fourth-order valence-electron chi connectivity index (χ4n) is 5.53. The number of amides is 1. The summed E-state index contributed by atoms with van der Waals surface area (Å²) in [7, 11) is 0. The Labute approximate surface area is 292 Å². The Morgan fingerprint density at radius 1 is 0.653 bits per heavy atom. The van der Waals surface area contributed by atoms with Gasteiger partial charge in [0, 0.05) is 0 Å². The highest BCUT2D eigenvalue weighted by Crippen LogP contribution is 2.29. The molecule has 3 aromatic rings. The van der Waals surface area contributed by atoms with Crippen LogP contribution in [0.1, 0.15) is 83.1 Å². The van der Waals surface area contributed by atoms with Crippen molar-refractivity contribution in [3.8, 4) is 23.0 Å². The molecule has 0 spiro atoms. The summed E-state index contributed by atoms with van der Waals surface area (Å²) in [5, 5.41) is 0. The molecule has 1 unspecified atom stereocenters. The number of rotatable bonds is 17. The Hall–Kier alpha value is -3.79. The third kappa shape index (κ3) is 15.1. The standard InChI is InChI=1S/C40H55NO8/c1-2-3-4-5-6-7-8-9-10-14-25-39(40(42)41-48-30-33-19-12-11-13-20-33)49-34-31-46-37-23-17-15-21-35(37)44-28-26-43-27-29-45-36-22-16-18-24-38(36)47-32-34/h11-13,15-24,34,39H,2-10,14,25-32H2,1H3,(H,41,42). The van der Waals surface area contributed by atoms with Crippen LogP contribution in [-0.4, -0.2) is 57.8 Å². The van der Waals surface area contributed by atoms with E-state index in [9.17, 15) is 4.79 Å². The lowest BCUT2D eigenvalue weighted by Crippen LogP contribution is -2.42. The highest BCUT2D eigenvalue weighted by atomic mass is 16.7. The van der Waals surface area contributed by atoms with Crippen molar-refractivity contribution >= 4 is 5.91 Å². The Bertz CT molecular complexity index is 1250. The fourth-order valence-corrected chi connectivity index (χ4v) is 5.53. The molecule has 1 N–H and O–H groups in total. The van der Waals surface area contributed by atoms with E-state index in [0.717, 1.165) is 24.8 Å². The van der Waals surface area contributed by atoms with Crippen molar-refractivity contribution in [1.29, 1.82) is 0 Å². The molecule has 1 aliphatic heterocycles. The Morgan fingerprint density at radius 2 is 1.14 bits per heavy atom. The highest BCUT2D eigenvalue weighted by Gasteiger charge is 2.26. The minimum absolute atomic E-state index is 0.132. The van der Waals surface area contributed by atoms with Gasteiger partial charge >= 0.3 is 0 Å². The summed E-state index contributed by atoms with van der Waals surface area (Å²) >= 11 is 0. The first-order valence-corrected chi connectivity index (χ1v) is 18.1. The van der Waals surface area contributed by atoms with Gasteiger partial charge in [-0.3, -0.25) is 9.63 Å². The van der Waals surface area contributed by atoms with Crippen LogP contribution in [0.25, 0.3) is 0 Å². The number of hydrogen-bond acceptors (Lipinski definition) is 8. The van der Waals surface area contributed by atoms with E-state index in [1.54, 1.807) is 0 Å². The molecule has 1 heterocycles. The second-order valence-electron chi connectivity index (χ2n) is 12.3. The van der Waals surface area contributed by atoms with Gasteiger partial charge in [-0.1, -0.05) is 126 Å². The lowest BCUT2D eigenvalue weighted by Gasteiger charge is -2.25. The molecule has 1 amide bonds. The predicted molar refractivity (Wildman–Crippen MR) is 190 cm³/mol. The summed E-state index contributed by atoms with van der Waals surface area (Å²) in [6.07, 6.45) is 11.2. The first-order chi connectivity index (χ1) is 24.2. The molecule has 3 aromatic carbocycles. The van der Waals surface area contributed by atoms with Crippen LogP contribution in [0.3, 0.4) is 0 Å². The first kappa shape index (κ1) is 38.0. The lowest BCUT2D eigenvalue weighted by atomic mass is 10.0. The zero-order valence-electron chi connectivity index (χ0n) is 29.2. The van der Waals surface area contributed by atoms with Crippen LogP contribution < -0.4 is 24.4 Å². The maximum atomic E-state index is 13.5. The van der Waals surface area contributed by atoms with E-state index in [-0.39, 0.29) is 25.7 Å². The van der Waals surface area contributed by atoms with Gasteiger partial charge in [-0.25, -0.2) is 5.48 Å². The normalized spacial score (nSPS) is 15.0. The summed E-state index contributed by atoms with van der Waals surface area (Å²) in [5.41, 5.74) is 3.60. The van der Waals surface area contributed by atoms with E-state index in [1.807, 2.05) is 78.9 Å². The molecule has 0 fully saturated rings. The lowest BCUT2D eigenvalue weighted by molar-refractivity contribution is -0.153. The van der Waals surface area contributed by atoms with Crippen molar-refractivity contribution in [1.82, 2.24) is 5.48 Å². The maximum Gasteiger partial charge on any atom is 0.272 e. The molecule has 49 heavy (non-hydrogen) atoms. The Balaban J connectivity index is 1.42. The molecule has 268 valence electrons. The Kier molecular flexibility index (Phi) is 18.3. The molecule has 1 atom stereocenters. The molecule has 0 saturated heterocycles. The second-order valence-corrected chi connectivity index (χ2v) is 12.3. The molecule has 9 nitrogen and oxygen atoms in total. The molecular weight excluding hydrogens is 622 g/mol. The van der Waals surface area contributed by atoms with Crippen LogP contribution in [-0.2, 0) is 25.7 Å². The number of hydroxylamine groups is 1. The van der Waals surface area contributed by atoms with Crippen LogP contribution in [0, 0.1) is 0 Å². The van der Waals surface area contributed by atoms with Gasteiger partial charge in [-0.05, 0) is 36.2 Å². The summed E-state index contributed by atoms with van der Waals surface area (Å²) in [4.78, 5) is 19.2. The summed E-state index contributed by atoms with van der Waals surface area (Å²) < 4.78 is 36.6. The van der Waals surface area contributed by atoms with Crippen molar-refractivity contribution in [3.63, 3.8) is 0 Å². The van der Waals surface area contributed by atoms with E-state index in [0.29, 0.717) is 55.8 Å². The number of nitrogens with one attached hydrogen (secondary N) is 1. The molecule has 1 aliphatic rings. The van der Waals surface area contributed by atoms with Crippen molar-refractivity contribution in [3.05, 3.63) is 84.4 Å². The van der Waals surface area contributed by atoms with E-state index >= 15 is 0 Å². The van der Waals surface area contributed by atoms with Crippen LogP contribution in [0.4, 0.5) is 0 Å². The molecule has 0 aliphatic carbocycles. The van der Waals surface area contributed by atoms with Gasteiger partial charge in [0.15, 0.2) is 23.0 Å². The topological polar surface area (TPSA) is 93.7 Å². The number of hydrogen-bond donors (Lipinski definition) is 1.